The molecule has 72 valence electrons. The fourth-order valence-corrected chi connectivity index (χ4v) is 1.24. The molecule has 0 fully saturated rings. The quantitative estimate of drug-likeness (QED) is 0.794. The third-order valence-corrected chi connectivity index (χ3v) is 1.97. The molecule has 0 aliphatic heterocycles. The summed E-state index contributed by atoms with van der Waals surface area (Å²) in [5, 5.41) is 20.0. The minimum absolute atomic E-state index is 0.0283. The maximum atomic E-state index is 11.0. The van der Waals surface area contributed by atoms with E-state index in [0.29, 0.717) is 5.69 Å². The summed E-state index contributed by atoms with van der Waals surface area (Å²) < 4.78 is 0.738. The van der Waals surface area contributed by atoms with Gasteiger partial charge in [0.1, 0.15) is 12.2 Å². The van der Waals surface area contributed by atoms with Crippen LogP contribution in [0.3, 0.4) is 0 Å². The molecule has 5 heteroatoms. The first-order valence-electron chi connectivity index (χ1n) is 3.79. The number of nitrogens with zero attached hydrogens (tertiary/aromatic N) is 1. The number of benzene rings is 1. The second-order valence-corrected chi connectivity index (χ2v) is 3.46. The molecule has 14 heavy (non-hydrogen) atoms. The number of phenols is 1. The molecule has 0 aliphatic carbocycles. The van der Waals surface area contributed by atoms with E-state index in [-0.39, 0.29) is 12.2 Å². The molecule has 0 heterocycles. The Bertz CT molecular complexity index is 398. The molecule has 0 spiro atoms. The Morgan fingerprint density at radius 1 is 1.64 bits per heavy atom. The van der Waals surface area contributed by atoms with Crippen LogP contribution in [0.2, 0.25) is 0 Å². The number of halogens is 1. The Morgan fingerprint density at radius 2 is 2.36 bits per heavy atom. The van der Waals surface area contributed by atoms with Crippen LogP contribution < -0.4 is 5.32 Å². The number of nitriles is 1. The molecule has 1 aromatic rings. The highest BCUT2D eigenvalue weighted by atomic mass is 79.9. The summed E-state index contributed by atoms with van der Waals surface area (Å²) in [5.74, 6) is -0.472. The molecule has 1 rings (SSSR count). The van der Waals surface area contributed by atoms with Crippen molar-refractivity contribution < 1.29 is 9.90 Å². The van der Waals surface area contributed by atoms with Crippen LogP contribution in [0.4, 0.5) is 5.69 Å². The van der Waals surface area contributed by atoms with E-state index in [4.69, 9.17) is 5.26 Å². The van der Waals surface area contributed by atoms with Crippen LogP contribution >= 0.6 is 15.9 Å². The standard InChI is InChI=1S/C9H7BrN2O2/c10-6-1-2-8(13)7(5-6)12-9(14)3-4-11/h1-2,5,13H,3H2,(H,12,14). The Labute approximate surface area is 89.3 Å². The molecule has 1 aromatic carbocycles. The van der Waals surface area contributed by atoms with Crippen molar-refractivity contribution in [3.63, 3.8) is 0 Å². The number of phenolic OH excluding ortho intramolecular Hbond substituents is 1. The lowest BCUT2D eigenvalue weighted by molar-refractivity contribution is -0.115. The van der Waals surface area contributed by atoms with Gasteiger partial charge in [-0.1, -0.05) is 15.9 Å². The highest BCUT2D eigenvalue weighted by Crippen LogP contribution is 2.26. The normalized spacial score (nSPS) is 9.14. The van der Waals surface area contributed by atoms with E-state index in [9.17, 15) is 9.90 Å². The summed E-state index contributed by atoms with van der Waals surface area (Å²) in [6, 6.07) is 6.38. The van der Waals surface area contributed by atoms with Gasteiger partial charge in [-0.2, -0.15) is 5.26 Å². The lowest BCUT2D eigenvalue weighted by atomic mass is 10.3. The largest absolute Gasteiger partial charge is 0.506 e. The molecule has 1 amide bonds. The van der Waals surface area contributed by atoms with Gasteiger partial charge in [0, 0.05) is 4.47 Å². The van der Waals surface area contributed by atoms with Crippen molar-refractivity contribution in [2.75, 3.05) is 5.32 Å². The number of hydrogen-bond acceptors (Lipinski definition) is 3. The van der Waals surface area contributed by atoms with Crippen LogP contribution in [0, 0.1) is 11.3 Å². The van der Waals surface area contributed by atoms with Gasteiger partial charge in [-0.05, 0) is 18.2 Å². The summed E-state index contributed by atoms with van der Waals surface area (Å²) in [6.45, 7) is 0. The van der Waals surface area contributed by atoms with Crippen molar-refractivity contribution >= 4 is 27.5 Å². The number of rotatable bonds is 2. The molecule has 0 saturated carbocycles. The fraction of sp³-hybridized carbons (Fsp3) is 0.111. The molecular weight excluding hydrogens is 248 g/mol. The van der Waals surface area contributed by atoms with Gasteiger partial charge >= 0.3 is 0 Å². The minimum atomic E-state index is -0.444. The highest BCUT2D eigenvalue weighted by Gasteiger charge is 2.05. The van der Waals surface area contributed by atoms with Crippen LogP contribution in [0.5, 0.6) is 5.75 Å². The average Bonchev–Trinajstić information content (AvgIpc) is 2.12. The lowest BCUT2D eigenvalue weighted by Crippen LogP contribution is -2.10. The zero-order valence-electron chi connectivity index (χ0n) is 7.12. The van der Waals surface area contributed by atoms with Gasteiger partial charge in [0.05, 0.1) is 11.8 Å². The SMILES string of the molecule is N#CCC(=O)Nc1cc(Br)ccc1O. The van der Waals surface area contributed by atoms with Crippen molar-refractivity contribution in [3.8, 4) is 11.8 Å². The van der Waals surface area contributed by atoms with Gasteiger partial charge in [0.25, 0.3) is 0 Å². The van der Waals surface area contributed by atoms with Gasteiger partial charge in [-0.25, -0.2) is 0 Å². The molecule has 0 aliphatic rings. The fourth-order valence-electron chi connectivity index (χ4n) is 0.875. The molecule has 0 saturated heterocycles. The monoisotopic (exact) mass is 254 g/mol. The number of nitrogens with one attached hydrogen (secondary N) is 1. The van der Waals surface area contributed by atoms with Gasteiger partial charge in [-0.15, -0.1) is 0 Å². The number of amides is 1. The molecule has 0 bridgehead atoms. The zero-order chi connectivity index (χ0) is 10.6. The predicted octanol–water partition coefficient (Wildman–Crippen LogP) is 2.01. The van der Waals surface area contributed by atoms with Gasteiger partial charge in [0.2, 0.25) is 5.91 Å². The van der Waals surface area contributed by atoms with Gasteiger partial charge in [0.15, 0.2) is 0 Å². The maximum Gasteiger partial charge on any atom is 0.238 e. The van der Waals surface area contributed by atoms with E-state index in [1.165, 1.54) is 6.07 Å². The van der Waals surface area contributed by atoms with E-state index in [1.807, 2.05) is 0 Å². The van der Waals surface area contributed by atoms with E-state index >= 15 is 0 Å². The lowest BCUT2D eigenvalue weighted by Gasteiger charge is -2.05. The second kappa shape index (κ2) is 4.63. The molecule has 4 nitrogen and oxygen atoms in total. The molecule has 0 radical (unpaired) electrons. The molecule has 0 unspecified atom stereocenters. The summed E-state index contributed by atoms with van der Waals surface area (Å²) in [4.78, 5) is 11.0. The first kappa shape index (κ1) is 10.5. The first-order valence-corrected chi connectivity index (χ1v) is 4.58. The summed E-state index contributed by atoms with van der Waals surface area (Å²) in [5.41, 5.74) is 0.291. The van der Waals surface area contributed by atoms with Crippen molar-refractivity contribution in [1.82, 2.24) is 0 Å². The summed E-state index contributed by atoms with van der Waals surface area (Å²) in [7, 11) is 0. The van der Waals surface area contributed by atoms with Crippen LogP contribution in [0.15, 0.2) is 22.7 Å². The summed E-state index contributed by atoms with van der Waals surface area (Å²) in [6.07, 6.45) is -0.230. The number of aromatic hydroxyl groups is 1. The Morgan fingerprint density at radius 3 is 3.00 bits per heavy atom. The van der Waals surface area contributed by atoms with Crippen LogP contribution in [0.1, 0.15) is 6.42 Å². The number of anilines is 1. The Balaban J connectivity index is 2.81. The highest BCUT2D eigenvalue weighted by molar-refractivity contribution is 9.10. The number of carbonyl (C=O) groups is 1. The van der Waals surface area contributed by atoms with Crippen molar-refractivity contribution in [3.05, 3.63) is 22.7 Å². The van der Waals surface area contributed by atoms with E-state index in [0.717, 1.165) is 4.47 Å². The van der Waals surface area contributed by atoms with Crippen molar-refractivity contribution in [1.29, 1.82) is 5.26 Å². The van der Waals surface area contributed by atoms with E-state index < -0.39 is 5.91 Å². The van der Waals surface area contributed by atoms with E-state index in [2.05, 4.69) is 21.2 Å². The number of hydrogen-bond donors (Lipinski definition) is 2. The van der Waals surface area contributed by atoms with E-state index in [1.54, 1.807) is 18.2 Å². The molecular formula is C9H7BrN2O2. The average molecular weight is 255 g/mol. The van der Waals surface area contributed by atoms with Crippen molar-refractivity contribution in [2.45, 2.75) is 6.42 Å². The Kier molecular flexibility index (Phi) is 3.48. The van der Waals surface area contributed by atoms with Crippen molar-refractivity contribution in [2.24, 2.45) is 0 Å². The number of carbonyl (C=O) groups excluding carboxylic acids is 1. The van der Waals surface area contributed by atoms with Crippen LogP contribution in [-0.2, 0) is 4.79 Å². The molecule has 2 N–H and O–H groups in total. The molecule has 0 atom stereocenters. The maximum absolute atomic E-state index is 11.0. The van der Waals surface area contributed by atoms with Gasteiger partial charge in [-0.3, -0.25) is 4.79 Å². The van der Waals surface area contributed by atoms with Crippen LogP contribution in [-0.4, -0.2) is 11.0 Å². The Hall–Kier alpha value is -1.54. The zero-order valence-corrected chi connectivity index (χ0v) is 8.71. The van der Waals surface area contributed by atoms with Crippen LogP contribution in [0.25, 0.3) is 0 Å². The molecule has 0 aromatic heterocycles. The van der Waals surface area contributed by atoms with Gasteiger partial charge < -0.3 is 10.4 Å². The minimum Gasteiger partial charge on any atom is -0.506 e. The third kappa shape index (κ3) is 2.75. The first-order chi connectivity index (χ1) is 6.63. The summed E-state index contributed by atoms with van der Waals surface area (Å²) >= 11 is 3.20. The smallest absolute Gasteiger partial charge is 0.238 e. The second-order valence-electron chi connectivity index (χ2n) is 2.54. The third-order valence-electron chi connectivity index (χ3n) is 1.47. The predicted molar refractivity (Wildman–Crippen MR) is 54.7 cm³/mol. The topological polar surface area (TPSA) is 73.1 Å².